The van der Waals surface area contributed by atoms with Gasteiger partial charge < -0.3 is 20.7 Å². The van der Waals surface area contributed by atoms with Crippen LogP contribution in [0.4, 0.5) is 5.69 Å². The van der Waals surface area contributed by atoms with Crippen LogP contribution >= 0.6 is 0 Å². The van der Waals surface area contributed by atoms with E-state index < -0.39 is 5.41 Å². The highest BCUT2D eigenvalue weighted by Crippen LogP contribution is 2.31. The number of rotatable bonds is 5. The number of nitrogens with zero attached hydrogens (tertiary/aromatic N) is 1. The molecule has 1 aliphatic rings. The molecule has 116 valence electrons. The highest BCUT2D eigenvalue weighted by Gasteiger charge is 2.38. The molecular formula is C16H25N3O2. The Hall–Kier alpha value is -1.43. The van der Waals surface area contributed by atoms with Crippen molar-refractivity contribution >= 4 is 11.6 Å². The van der Waals surface area contributed by atoms with Crippen LogP contribution in [0, 0.1) is 5.41 Å². The van der Waals surface area contributed by atoms with E-state index in [2.05, 4.69) is 16.3 Å². The molecule has 1 heterocycles. The summed E-state index contributed by atoms with van der Waals surface area (Å²) < 4.78 is 5.35. The van der Waals surface area contributed by atoms with E-state index in [-0.39, 0.29) is 5.91 Å². The van der Waals surface area contributed by atoms with Crippen LogP contribution < -0.4 is 11.1 Å². The average Bonchev–Trinajstić information content (AvgIpc) is 2.47. The molecule has 0 aromatic heterocycles. The largest absolute Gasteiger partial charge is 0.381 e. The fourth-order valence-electron chi connectivity index (χ4n) is 2.66. The third kappa shape index (κ3) is 4.03. The Bertz CT molecular complexity index is 482. The lowest BCUT2D eigenvalue weighted by Gasteiger charge is -2.34. The summed E-state index contributed by atoms with van der Waals surface area (Å²) in [4.78, 5) is 14.7. The molecule has 0 unspecified atom stereocenters. The molecular weight excluding hydrogens is 266 g/mol. The first-order chi connectivity index (χ1) is 10.1. The van der Waals surface area contributed by atoms with Crippen molar-refractivity contribution < 1.29 is 9.53 Å². The second-order valence-electron chi connectivity index (χ2n) is 5.99. The van der Waals surface area contributed by atoms with Crippen molar-refractivity contribution in [3.63, 3.8) is 0 Å². The predicted molar refractivity (Wildman–Crippen MR) is 84.0 cm³/mol. The Morgan fingerprint density at radius 3 is 2.71 bits per heavy atom. The zero-order valence-corrected chi connectivity index (χ0v) is 12.9. The maximum atomic E-state index is 12.6. The van der Waals surface area contributed by atoms with E-state index in [0.717, 1.165) is 12.2 Å². The van der Waals surface area contributed by atoms with Crippen molar-refractivity contribution in [2.45, 2.75) is 19.4 Å². The van der Waals surface area contributed by atoms with Crippen molar-refractivity contribution in [1.29, 1.82) is 0 Å². The molecule has 21 heavy (non-hydrogen) atoms. The van der Waals surface area contributed by atoms with Gasteiger partial charge in [-0.25, -0.2) is 0 Å². The minimum atomic E-state index is -0.490. The van der Waals surface area contributed by atoms with Crippen LogP contribution in [0.3, 0.4) is 0 Å². The second kappa shape index (κ2) is 7.02. The first-order valence-corrected chi connectivity index (χ1v) is 7.39. The summed E-state index contributed by atoms with van der Waals surface area (Å²) in [7, 11) is 4.05. The minimum Gasteiger partial charge on any atom is -0.381 e. The van der Waals surface area contributed by atoms with E-state index in [9.17, 15) is 4.79 Å². The van der Waals surface area contributed by atoms with Crippen LogP contribution in [-0.2, 0) is 16.1 Å². The minimum absolute atomic E-state index is 0.00954. The molecule has 0 spiro atoms. The Labute approximate surface area is 126 Å². The number of benzene rings is 1. The smallest absolute Gasteiger partial charge is 0.232 e. The van der Waals surface area contributed by atoms with Gasteiger partial charge in [-0.15, -0.1) is 0 Å². The molecule has 1 amide bonds. The number of nitrogens with two attached hydrogens (primary N) is 1. The van der Waals surface area contributed by atoms with Gasteiger partial charge in [-0.05, 0) is 44.6 Å². The Morgan fingerprint density at radius 1 is 1.38 bits per heavy atom. The number of nitrogens with one attached hydrogen (secondary N) is 1. The molecule has 0 saturated carbocycles. The number of carbonyl (C=O) groups is 1. The lowest BCUT2D eigenvalue weighted by atomic mass is 9.79. The summed E-state index contributed by atoms with van der Waals surface area (Å²) in [6.07, 6.45) is 1.37. The first kappa shape index (κ1) is 15.9. The molecule has 5 nitrogen and oxygen atoms in total. The maximum absolute atomic E-state index is 12.6. The van der Waals surface area contributed by atoms with E-state index >= 15 is 0 Å². The van der Waals surface area contributed by atoms with Gasteiger partial charge in [0, 0.05) is 32.0 Å². The molecule has 3 N–H and O–H groups in total. The average molecular weight is 291 g/mol. The number of hydrogen-bond donors (Lipinski definition) is 2. The van der Waals surface area contributed by atoms with Gasteiger partial charge >= 0.3 is 0 Å². The van der Waals surface area contributed by atoms with E-state index in [1.165, 1.54) is 5.56 Å². The SMILES string of the molecule is CN(C)Cc1cccc(NC(=O)C2(CN)CCOCC2)c1. The zero-order chi connectivity index (χ0) is 15.3. The van der Waals surface area contributed by atoms with Gasteiger partial charge in [0.1, 0.15) is 0 Å². The Balaban J connectivity index is 2.07. The Kier molecular flexibility index (Phi) is 5.33. The van der Waals surface area contributed by atoms with Crippen LogP contribution in [0.25, 0.3) is 0 Å². The first-order valence-electron chi connectivity index (χ1n) is 7.39. The quantitative estimate of drug-likeness (QED) is 0.861. The summed E-state index contributed by atoms with van der Waals surface area (Å²) in [6, 6.07) is 7.96. The summed E-state index contributed by atoms with van der Waals surface area (Å²) >= 11 is 0. The number of carbonyl (C=O) groups excluding carboxylic acids is 1. The van der Waals surface area contributed by atoms with Gasteiger partial charge in [-0.1, -0.05) is 12.1 Å². The monoisotopic (exact) mass is 291 g/mol. The van der Waals surface area contributed by atoms with E-state index in [1.54, 1.807) is 0 Å². The van der Waals surface area contributed by atoms with Gasteiger partial charge in [-0.3, -0.25) is 4.79 Å². The normalized spacial score (nSPS) is 17.7. The highest BCUT2D eigenvalue weighted by atomic mass is 16.5. The molecule has 5 heteroatoms. The molecule has 0 atom stereocenters. The molecule has 1 aromatic carbocycles. The van der Waals surface area contributed by atoms with Crippen LogP contribution in [0.15, 0.2) is 24.3 Å². The molecule has 0 bridgehead atoms. The second-order valence-corrected chi connectivity index (χ2v) is 5.99. The number of ether oxygens (including phenoxy) is 1. The van der Waals surface area contributed by atoms with Crippen molar-refractivity contribution in [3.05, 3.63) is 29.8 Å². The van der Waals surface area contributed by atoms with Crippen LogP contribution in [0.1, 0.15) is 18.4 Å². The molecule has 0 radical (unpaired) electrons. The molecule has 1 aliphatic heterocycles. The molecule has 2 rings (SSSR count). The molecule has 0 aliphatic carbocycles. The highest BCUT2D eigenvalue weighted by molar-refractivity contribution is 5.95. The van der Waals surface area contributed by atoms with E-state index in [0.29, 0.717) is 32.6 Å². The molecule has 1 saturated heterocycles. The summed E-state index contributed by atoms with van der Waals surface area (Å²) in [6.45, 7) is 2.41. The van der Waals surface area contributed by atoms with Gasteiger partial charge in [0.25, 0.3) is 0 Å². The van der Waals surface area contributed by atoms with Gasteiger partial charge in [0.15, 0.2) is 0 Å². The molecule has 1 aromatic rings. The van der Waals surface area contributed by atoms with Gasteiger partial charge in [-0.2, -0.15) is 0 Å². The predicted octanol–water partition coefficient (Wildman–Crippen LogP) is 1.44. The van der Waals surface area contributed by atoms with Crippen molar-refractivity contribution in [2.24, 2.45) is 11.1 Å². The number of amides is 1. The molecule has 1 fully saturated rings. The summed E-state index contributed by atoms with van der Waals surface area (Å²) in [5.74, 6) is 0.00954. The van der Waals surface area contributed by atoms with E-state index in [4.69, 9.17) is 10.5 Å². The zero-order valence-electron chi connectivity index (χ0n) is 12.9. The van der Waals surface area contributed by atoms with E-state index in [1.807, 2.05) is 32.3 Å². The van der Waals surface area contributed by atoms with Crippen molar-refractivity contribution in [3.8, 4) is 0 Å². The van der Waals surface area contributed by atoms with Crippen molar-refractivity contribution in [2.75, 3.05) is 39.2 Å². The van der Waals surface area contributed by atoms with Gasteiger partial charge in [0.2, 0.25) is 5.91 Å². The van der Waals surface area contributed by atoms with Crippen LogP contribution in [0.5, 0.6) is 0 Å². The van der Waals surface area contributed by atoms with Crippen LogP contribution in [-0.4, -0.2) is 44.7 Å². The number of anilines is 1. The van der Waals surface area contributed by atoms with Crippen LogP contribution in [0.2, 0.25) is 0 Å². The fraction of sp³-hybridized carbons (Fsp3) is 0.562. The summed E-state index contributed by atoms with van der Waals surface area (Å²) in [5, 5.41) is 3.02. The van der Waals surface area contributed by atoms with Gasteiger partial charge in [0.05, 0.1) is 5.41 Å². The lowest BCUT2D eigenvalue weighted by molar-refractivity contribution is -0.130. The summed E-state index contributed by atoms with van der Waals surface area (Å²) in [5.41, 5.74) is 7.38. The standard InChI is InChI=1S/C16H25N3O2/c1-19(2)11-13-4-3-5-14(10-13)18-15(20)16(12-17)6-8-21-9-7-16/h3-5,10H,6-9,11-12,17H2,1-2H3,(H,18,20). The van der Waals surface area contributed by atoms with Crippen molar-refractivity contribution in [1.82, 2.24) is 4.90 Å². The topological polar surface area (TPSA) is 67.6 Å². The maximum Gasteiger partial charge on any atom is 0.232 e. The Morgan fingerprint density at radius 2 is 2.10 bits per heavy atom. The fourth-order valence-corrected chi connectivity index (χ4v) is 2.66. The number of hydrogen-bond acceptors (Lipinski definition) is 4. The third-order valence-electron chi connectivity index (χ3n) is 4.01. The third-order valence-corrected chi connectivity index (χ3v) is 4.01. The lowest BCUT2D eigenvalue weighted by Crippen LogP contribution is -2.46.